The van der Waals surface area contributed by atoms with Crippen molar-refractivity contribution in [3.8, 4) is 0 Å². The molecule has 8 heteroatoms. The summed E-state index contributed by atoms with van der Waals surface area (Å²) in [7, 11) is 0. The van der Waals surface area contributed by atoms with Gasteiger partial charge in [0, 0.05) is 18.0 Å². The van der Waals surface area contributed by atoms with Gasteiger partial charge in [0.25, 0.3) is 0 Å². The van der Waals surface area contributed by atoms with Crippen LogP contribution in [0.1, 0.15) is 12.0 Å². The summed E-state index contributed by atoms with van der Waals surface area (Å²) in [6.45, 7) is 0.0432. The predicted molar refractivity (Wildman–Crippen MR) is 73.5 cm³/mol. The van der Waals surface area contributed by atoms with Gasteiger partial charge in [-0.05, 0) is 30.4 Å². The number of aliphatic hydroxyl groups excluding tert-OH is 1. The summed E-state index contributed by atoms with van der Waals surface area (Å²) in [4.78, 5) is 11.5. The second-order valence-corrected chi connectivity index (χ2v) is 5.08. The Morgan fingerprint density at radius 1 is 1.40 bits per heavy atom. The van der Waals surface area contributed by atoms with Crippen molar-refractivity contribution in [2.24, 2.45) is 0 Å². The lowest BCUT2D eigenvalue weighted by Gasteiger charge is -2.12. The topological polar surface area (TPSA) is 75.3 Å². The molecule has 0 aromatic heterocycles. The van der Waals surface area contributed by atoms with Crippen molar-refractivity contribution in [2.45, 2.75) is 12.6 Å². The molecule has 0 saturated heterocycles. The number of thioether (sulfide) groups is 1. The van der Waals surface area contributed by atoms with Crippen molar-refractivity contribution in [3.63, 3.8) is 0 Å². The summed E-state index contributed by atoms with van der Waals surface area (Å²) in [5, 5.41) is 10.9. The van der Waals surface area contributed by atoms with Crippen molar-refractivity contribution in [2.75, 3.05) is 29.2 Å². The standard InChI is InChI=1S/C12H15F3N2O2S/c13-12(14,15)9-6-8(2-3-10(9)16)17-11(19)7-20-5-1-4-18/h2-3,6,18H,1,4-5,7,16H2,(H,17,19). The smallest absolute Gasteiger partial charge is 0.398 e. The highest BCUT2D eigenvalue weighted by Gasteiger charge is 2.33. The van der Waals surface area contributed by atoms with Crippen molar-refractivity contribution < 1.29 is 23.1 Å². The highest BCUT2D eigenvalue weighted by molar-refractivity contribution is 7.99. The Bertz CT molecular complexity index is 467. The van der Waals surface area contributed by atoms with E-state index in [2.05, 4.69) is 5.32 Å². The van der Waals surface area contributed by atoms with E-state index >= 15 is 0 Å². The Morgan fingerprint density at radius 3 is 2.70 bits per heavy atom. The van der Waals surface area contributed by atoms with Crippen LogP contribution < -0.4 is 11.1 Å². The zero-order valence-electron chi connectivity index (χ0n) is 10.5. The van der Waals surface area contributed by atoms with Gasteiger partial charge in [-0.1, -0.05) is 0 Å². The number of carbonyl (C=O) groups is 1. The molecule has 0 aliphatic rings. The first-order valence-electron chi connectivity index (χ1n) is 5.79. The second kappa shape index (κ2) is 7.39. The molecule has 0 heterocycles. The van der Waals surface area contributed by atoms with Gasteiger partial charge in [0.1, 0.15) is 0 Å². The fraction of sp³-hybridized carbons (Fsp3) is 0.417. The summed E-state index contributed by atoms with van der Waals surface area (Å²) in [6, 6.07) is 3.24. The Labute approximate surface area is 118 Å². The number of hydrogen-bond acceptors (Lipinski definition) is 4. The van der Waals surface area contributed by atoms with Gasteiger partial charge in [-0.2, -0.15) is 24.9 Å². The Hall–Kier alpha value is -1.41. The summed E-state index contributed by atoms with van der Waals surface area (Å²) < 4.78 is 37.9. The number of alkyl halides is 3. The maximum Gasteiger partial charge on any atom is 0.418 e. The molecule has 0 saturated carbocycles. The minimum atomic E-state index is -4.55. The first-order chi connectivity index (χ1) is 9.34. The van der Waals surface area contributed by atoms with E-state index in [9.17, 15) is 18.0 Å². The van der Waals surface area contributed by atoms with Crippen LogP contribution in [0.4, 0.5) is 24.5 Å². The average Bonchev–Trinajstić information content (AvgIpc) is 2.36. The normalized spacial score (nSPS) is 11.4. The third kappa shape index (κ3) is 5.30. The van der Waals surface area contributed by atoms with Crippen LogP contribution in [0.25, 0.3) is 0 Å². The molecule has 1 amide bonds. The molecule has 4 N–H and O–H groups in total. The van der Waals surface area contributed by atoms with Crippen LogP contribution in [0.15, 0.2) is 18.2 Å². The van der Waals surface area contributed by atoms with Crippen molar-refractivity contribution in [1.82, 2.24) is 0 Å². The van der Waals surface area contributed by atoms with E-state index in [1.807, 2.05) is 0 Å². The largest absolute Gasteiger partial charge is 0.418 e. The van der Waals surface area contributed by atoms with Gasteiger partial charge in [-0.3, -0.25) is 4.79 Å². The Balaban J connectivity index is 2.62. The van der Waals surface area contributed by atoms with Crippen LogP contribution in [-0.4, -0.2) is 29.1 Å². The molecule has 112 valence electrons. The van der Waals surface area contributed by atoms with E-state index < -0.39 is 17.6 Å². The van der Waals surface area contributed by atoms with Gasteiger partial charge in [0.15, 0.2) is 0 Å². The van der Waals surface area contributed by atoms with E-state index in [4.69, 9.17) is 10.8 Å². The van der Waals surface area contributed by atoms with Gasteiger partial charge >= 0.3 is 6.18 Å². The molecule has 0 bridgehead atoms. The van der Waals surface area contributed by atoms with Crippen molar-refractivity contribution >= 4 is 29.0 Å². The first-order valence-corrected chi connectivity index (χ1v) is 6.95. The highest BCUT2D eigenvalue weighted by Crippen LogP contribution is 2.35. The zero-order chi connectivity index (χ0) is 15.2. The maximum absolute atomic E-state index is 12.6. The molecule has 1 aromatic rings. The number of halogens is 3. The van der Waals surface area contributed by atoms with Crippen molar-refractivity contribution in [3.05, 3.63) is 23.8 Å². The third-order valence-corrected chi connectivity index (χ3v) is 3.37. The molecule has 0 unspecified atom stereocenters. The van der Waals surface area contributed by atoms with E-state index in [0.29, 0.717) is 12.2 Å². The van der Waals surface area contributed by atoms with E-state index in [1.54, 1.807) is 0 Å². The number of nitrogen functional groups attached to an aromatic ring is 1. The van der Waals surface area contributed by atoms with Crippen LogP contribution in [0.3, 0.4) is 0 Å². The monoisotopic (exact) mass is 308 g/mol. The molecule has 0 spiro atoms. The molecule has 0 aliphatic heterocycles. The van der Waals surface area contributed by atoms with Gasteiger partial charge in [-0.15, -0.1) is 0 Å². The van der Waals surface area contributed by atoms with Crippen LogP contribution in [0.5, 0.6) is 0 Å². The molecule has 0 radical (unpaired) electrons. The highest BCUT2D eigenvalue weighted by atomic mass is 32.2. The second-order valence-electron chi connectivity index (χ2n) is 3.98. The van der Waals surface area contributed by atoms with Gasteiger partial charge < -0.3 is 16.2 Å². The number of anilines is 2. The fourth-order valence-corrected chi connectivity index (χ4v) is 2.14. The van der Waals surface area contributed by atoms with Crippen LogP contribution in [0, 0.1) is 0 Å². The number of nitrogens with two attached hydrogens (primary N) is 1. The fourth-order valence-electron chi connectivity index (χ4n) is 1.41. The molecule has 0 atom stereocenters. The number of rotatable bonds is 6. The van der Waals surface area contributed by atoms with Gasteiger partial charge in [0.2, 0.25) is 5.91 Å². The van der Waals surface area contributed by atoms with Gasteiger partial charge in [-0.25, -0.2) is 0 Å². The summed E-state index contributed by atoms with van der Waals surface area (Å²) in [5.41, 5.74) is 3.96. The SMILES string of the molecule is Nc1ccc(NC(=O)CSCCCO)cc1C(F)(F)F. The molecule has 1 aromatic carbocycles. The lowest BCUT2D eigenvalue weighted by atomic mass is 10.1. The van der Waals surface area contributed by atoms with Crippen molar-refractivity contribution in [1.29, 1.82) is 0 Å². The molecular formula is C12H15F3N2O2S. The summed E-state index contributed by atoms with van der Waals surface area (Å²) in [6.07, 6.45) is -3.99. The van der Waals surface area contributed by atoms with E-state index in [1.165, 1.54) is 17.8 Å². The lowest BCUT2D eigenvalue weighted by molar-refractivity contribution is -0.136. The van der Waals surface area contributed by atoms with Crippen LogP contribution in [-0.2, 0) is 11.0 Å². The van der Waals surface area contributed by atoms with E-state index in [0.717, 1.165) is 12.1 Å². The number of benzene rings is 1. The Kier molecular flexibility index (Phi) is 6.15. The molecule has 0 aliphatic carbocycles. The maximum atomic E-state index is 12.6. The quantitative estimate of drug-likeness (QED) is 0.557. The number of carbonyl (C=O) groups excluding carboxylic acids is 1. The van der Waals surface area contributed by atoms with Crippen LogP contribution in [0.2, 0.25) is 0 Å². The number of aliphatic hydroxyl groups is 1. The number of nitrogens with one attached hydrogen (secondary N) is 1. The minimum Gasteiger partial charge on any atom is -0.398 e. The average molecular weight is 308 g/mol. The predicted octanol–water partition coefficient (Wildman–Crippen LogP) is 2.34. The minimum absolute atomic E-state index is 0.0432. The van der Waals surface area contributed by atoms with E-state index in [-0.39, 0.29) is 23.7 Å². The summed E-state index contributed by atoms with van der Waals surface area (Å²) in [5.74, 6) is 0.330. The molecule has 20 heavy (non-hydrogen) atoms. The van der Waals surface area contributed by atoms with Crippen LogP contribution >= 0.6 is 11.8 Å². The molecular weight excluding hydrogens is 293 g/mol. The zero-order valence-corrected chi connectivity index (χ0v) is 11.4. The number of hydrogen-bond donors (Lipinski definition) is 3. The Morgan fingerprint density at radius 2 is 2.10 bits per heavy atom. The molecule has 4 nitrogen and oxygen atoms in total. The third-order valence-electron chi connectivity index (χ3n) is 2.32. The van der Waals surface area contributed by atoms with Gasteiger partial charge in [0.05, 0.1) is 11.3 Å². The molecule has 1 rings (SSSR count). The summed E-state index contributed by atoms with van der Waals surface area (Å²) >= 11 is 1.30. The lowest BCUT2D eigenvalue weighted by Crippen LogP contribution is -2.16. The number of amides is 1. The molecule has 0 fully saturated rings. The first kappa shape index (κ1) is 16.6.